The highest BCUT2D eigenvalue weighted by atomic mass is 35.5. The van der Waals surface area contributed by atoms with E-state index in [9.17, 15) is 4.79 Å². The van der Waals surface area contributed by atoms with Crippen LogP contribution in [0.1, 0.15) is 17.2 Å². The Balaban J connectivity index is 0.00000264. The van der Waals surface area contributed by atoms with Crippen molar-refractivity contribution in [1.29, 1.82) is 0 Å². The van der Waals surface area contributed by atoms with Gasteiger partial charge in [0, 0.05) is 36.0 Å². The molecule has 1 amide bonds. The first-order valence-electron chi connectivity index (χ1n) is 7.23. The molecule has 1 atom stereocenters. The Morgan fingerprint density at radius 3 is 2.61 bits per heavy atom. The molecule has 2 N–H and O–H groups in total. The second-order valence-corrected chi connectivity index (χ2v) is 6.29. The van der Waals surface area contributed by atoms with Crippen LogP contribution < -0.4 is 10.6 Å². The molecule has 1 unspecified atom stereocenters. The van der Waals surface area contributed by atoms with Crippen LogP contribution in [0.3, 0.4) is 0 Å². The molecule has 0 spiro atoms. The van der Waals surface area contributed by atoms with Gasteiger partial charge in [-0.2, -0.15) is 5.10 Å². The van der Waals surface area contributed by atoms with Gasteiger partial charge in [0.05, 0.1) is 6.20 Å². The summed E-state index contributed by atoms with van der Waals surface area (Å²) >= 11 is 1.74. The van der Waals surface area contributed by atoms with Gasteiger partial charge in [-0.05, 0) is 26.1 Å². The molecule has 0 fully saturated rings. The molecule has 23 heavy (non-hydrogen) atoms. The predicted molar refractivity (Wildman–Crippen MR) is 97.2 cm³/mol. The van der Waals surface area contributed by atoms with Crippen molar-refractivity contribution in [3.63, 3.8) is 0 Å². The van der Waals surface area contributed by atoms with Gasteiger partial charge in [-0.15, -0.1) is 24.2 Å². The number of aromatic nitrogens is 2. The van der Waals surface area contributed by atoms with Crippen LogP contribution >= 0.6 is 24.2 Å². The summed E-state index contributed by atoms with van der Waals surface area (Å²) in [5.74, 6) is 0.818. The first-order chi connectivity index (χ1) is 10.6. The lowest BCUT2D eigenvalue weighted by molar-refractivity contribution is -0.123. The second kappa shape index (κ2) is 9.60. The maximum atomic E-state index is 12.2. The van der Waals surface area contributed by atoms with Crippen LogP contribution in [0.5, 0.6) is 0 Å². The molecular formula is C16H23ClN4OS. The van der Waals surface area contributed by atoms with E-state index in [1.54, 1.807) is 29.7 Å². The van der Waals surface area contributed by atoms with Crippen molar-refractivity contribution in [1.82, 2.24) is 20.4 Å². The molecular weight excluding hydrogens is 332 g/mol. The minimum Gasteiger partial charge on any atom is -0.354 e. The molecule has 1 aromatic carbocycles. The number of halogens is 1. The number of amides is 1. The molecule has 0 saturated carbocycles. The zero-order valence-corrected chi connectivity index (χ0v) is 15.2. The van der Waals surface area contributed by atoms with Gasteiger partial charge in [-0.1, -0.05) is 17.7 Å². The Bertz CT molecular complexity index is 615. The average Bonchev–Trinajstić information content (AvgIpc) is 2.92. The van der Waals surface area contributed by atoms with Crippen molar-refractivity contribution in [2.75, 3.05) is 19.3 Å². The van der Waals surface area contributed by atoms with Crippen LogP contribution in [-0.2, 0) is 11.8 Å². The standard InChI is InChI=1S/C16H22N4OS.ClH/c1-12-4-6-14(7-5-12)22-9-8-18-16(21)15(17-2)13-10-19-20(3)11-13;/h4-7,10-11,15,17H,8-9H2,1-3H3,(H,18,21);1H. The number of carbonyl (C=O) groups is 1. The van der Waals surface area contributed by atoms with Crippen LogP contribution in [0.4, 0.5) is 0 Å². The first kappa shape index (κ1) is 19.5. The Hall–Kier alpha value is -1.50. The molecule has 0 bridgehead atoms. The number of thioether (sulfide) groups is 1. The van der Waals surface area contributed by atoms with Crippen LogP contribution in [0, 0.1) is 6.92 Å². The summed E-state index contributed by atoms with van der Waals surface area (Å²) < 4.78 is 1.69. The molecule has 0 saturated heterocycles. The third-order valence-corrected chi connectivity index (χ3v) is 4.31. The van der Waals surface area contributed by atoms with Gasteiger partial charge in [0.2, 0.25) is 5.91 Å². The number of nitrogens with one attached hydrogen (secondary N) is 2. The van der Waals surface area contributed by atoms with Gasteiger partial charge in [0.1, 0.15) is 6.04 Å². The minimum atomic E-state index is -0.363. The van der Waals surface area contributed by atoms with E-state index in [-0.39, 0.29) is 24.4 Å². The van der Waals surface area contributed by atoms with Crippen molar-refractivity contribution in [3.8, 4) is 0 Å². The lowest BCUT2D eigenvalue weighted by Gasteiger charge is -2.14. The van der Waals surface area contributed by atoms with Crippen LogP contribution in [0.2, 0.25) is 0 Å². The number of hydrogen-bond donors (Lipinski definition) is 2. The first-order valence-corrected chi connectivity index (χ1v) is 8.21. The fraction of sp³-hybridized carbons (Fsp3) is 0.375. The maximum Gasteiger partial charge on any atom is 0.241 e. The lowest BCUT2D eigenvalue weighted by Crippen LogP contribution is -2.36. The SMILES string of the molecule is CNC(C(=O)NCCSc1ccc(C)cc1)c1cnn(C)c1.Cl. The zero-order valence-electron chi connectivity index (χ0n) is 13.6. The number of hydrogen-bond acceptors (Lipinski definition) is 4. The van der Waals surface area contributed by atoms with Crippen LogP contribution in [-0.4, -0.2) is 35.0 Å². The highest BCUT2D eigenvalue weighted by Gasteiger charge is 2.19. The van der Waals surface area contributed by atoms with E-state index in [0.29, 0.717) is 6.54 Å². The second-order valence-electron chi connectivity index (χ2n) is 5.12. The maximum absolute atomic E-state index is 12.2. The van der Waals surface area contributed by atoms with E-state index < -0.39 is 0 Å². The summed E-state index contributed by atoms with van der Waals surface area (Å²) in [5, 5.41) is 10.1. The Labute approximate surface area is 147 Å². The van der Waals surface area contributed by atoms with Gasteiger partial charge in [0.25, 0.3) is 0 Å². The molecule has 0 radical (unpaired) electrons. The lowest BCUT2D eigenvalue weighted by atomic mass is 10.1. The number of carbonyl (C=O) groups excluding carboxylic acids is 1. The molecule has 1 aromatic heterocycles. The minimum absolute atomic E-state index is 0. The monoisotopic (exact) mass is 354 g/mol. The van der Waals surface area contributed by atoms with E-state index in [2.05, 4.69) is 46.9 Å². The summed E-state index contributed by atoms with van der Waals surface area (Å²) in [7, 11) is 3.62. The fourth-order valence-electron chi connectivity index (χ4n) is 2.12. The third kappa shape index (κ3) is 5.89. The number of benzene rings is 1. The molecule has 0 aliphatic carbocycles. The Kier molecular flexibility index (Phi) is 8.16. The van der Waals surface area contributed by atoms with E-state index >= 15 is 0 Å². The largest absolute Gasteiger partial charge is 0.354 e. The number of rotatable bonds is 7. The van der Waals surface area contributed by atoms with E-state index in [1.165, 1.54) is 10.5 Å². The van der Waals surface area contributed by atoms with Crippen molar-refractivity contribution in [2.45, 2.75) is 17.9 Å². The zero-order chi connectivity index (χ0) is 15.9. The normalized spacial score (nSPS) is 11.6. The third-order valence-electron chi connectivity index (χ3n) is 3.30. The molecule has 1 heterocycles. The van der Waals surface area contributed by atoms with Crippen molar-refractivity contribution in [2.24, 2.45) is 7.05 Å². The Morgan fingerprint density at radius 1 is 1.35 bits per heavy atom. The summed E-state index contributed by atoms with van der Waals surface area (Å²) in [6.07, 6.45) is 3.56. The summed E-state index contributed by atoms with van der Waals surface area (Å²) in [4.78, 5) is 13.4. The molecule has 7 heteroatoms. The van der Waals surface area contributed by atoms with E-state index in [0.717, 1.165) is 11.3 Å². The number of likely N-dealkylation sites (N-methyl/N-ethyl adjacent to an activating group) is 1. The van der Waals surface area contributed by atoms with Gasteiger partial charge in [-0.3, -0.25) is 9.48 Å². The highest BCUT2D eigenvalue weighted by molar-refractivity contribution is 7.99. The van der Waals surface area contributed by atoms with Crippen molar-refractivity contribution in [3.05, 3.63) is 47.8 Å². The average molecular weight is 355 g/mol. The number of aryl methyl sites for hydroxylation is 2. The van der Waals surface area contributed by atoms with Crippen LogP contribution in [0.25, 0.3) is 0 Å². The molecule has 5 nitrogen and oxygen atoms in total. The van der Waals surface area contributed by atoms with E-state index in [4.69, 9.17) is 0 Å². The topological polar surface area (TPSA) is 59.0 Å². The van der Waals surface area contributed by atoms with Crippen LogP contribution in [0.15, 0.2) is 41.6 Å². The number of nitrogens with zero attached hydrogens (tertiary/aromatic N) is 2. The molecule has 2 aromatic rings. The molecule has 0 aliphatic rings. The van der Waals surface area contributed by atoms with Gasteiger partial charge >= 0.3 is 0 Å². The van der Waals surface area contributed by atoms with Gasteiger partial charge < -0.3 is 10.6 Å². The fourth-order valence-corrected chi connectivity index (χ4v) is 2.89. The quantitative estimate of drug-likeness (QED) is 0.591. The highest BCUT2D eigenvalue weighted by Crippen LogP contribution is 2.17. The molecule has 126 valence electrons. The summed E-state index contributed by atoms with van der Waals surface area (Å²) in [6.45, 7) is 2.71. The molecule has 0 aliphatic heterocycles. The Morgan fingerprint density at radius 2 is 2.04 bits per heavy atom. The summed E-state index contributed by atoms with van der Waals surface area (Å²) in [6, 6.07) is 8.04. The van der Waals surface area contributed by atoms with E-state index in [1.807, 2.05) is 13.2 Å². The predicted octanol–water partition coefficient (Wildman–Crippen LogP) is 2.32. The summed E-state index contributed by atoms with van der Waals surface area (Å²) in [5.41, 5.74) is 2.12. The van der Waals surface area contributed by atoms with Crippen molar-refractivity contribution >= 4 is 30.1 Å². The van der Waals surface area contributed by atoms with Gasteiger partial charge in [-0.25, -0.2) is 0 Å². The van der Waals surface area contributed by atoms with Gasteiger partial charge in [0.15, 0.2) is 0 Å². The smallest absolute Gasteiger partial charge is 0.241 e. The van der Waals surface area contributed by atoms with Crippen molar-refractivity contribution < 1.29 is 4.79 Å². The molecule has 2 rings (SSSR count).